The standard InChI is InChI=1S/C16H15N5/c1-11-7-9-13(10-8-11)18-20-15-14(19-21-16(15)17)12-5-3-2-4-6-12/h2-10H,1H3,(H3,17,19,21). The molecule has 0 unspecified atom stereocenters. The van der Waals surface area contributed by atoms with Crippen molar-refractivity contribution < 1.29 is 0 Å². The molecule has 5 nitrogen and oxygen atoms in total. The van der Waals surface area contributed by atoms with Crippen LogP contribution in [0.3, 0.4) is 0 Å². The highest BCUT2D eigenvalue weighted by atomic mass is 15.2. The SMILES string of the molecule is Cc1ccc(N=Nc2c(N)n[nH]c2-c2ccccc2)cc1. The highest BCUT2D eigenvalue weighted by Gasteiger charge is 2.11. The number of aryl methyl sites for hydroxylation is 1. The maximum Gasteiger partial charge on any atom is 0.173 e. The van der Waals surface area contributed by atoms with Gasteiger partial charge in [0.05, 0.1) is 11.4 Å². The van der Waals surface area contributed by atoms with E-state index in [2.05, 4.69) is 20.4 Å². The molecule has 0 aliphatic rings. The van der Waals surface area contributed by atoms with E-state index < -0.39 is 0 Å². The monoisotopic (exact) mass is 277 g/mol. The van der Waals surface area contributed by atoms with Gasteiger partial charge in [0.15, 0.2) is 11.5 Å². The number of aromatic nitrogens is 2. The Kier molecular flexibility index (Phi) is 3.47. The van der Waals surface area contributed by atoms with E-state index in [0.29, 0.717) is 11.5 Å². The van der Waals surface area contributed by atoms with Gasteiger partial charge in [-0.15, -0.1) is 5.11 Å². The Morgan fingerprint density at radius 2 is 1.67 bits per heavy atom. The number of aromatic amines is 1. The lowest BCUT2D eigenvalue weighted by Crippen LogP contribution is -1.83. The number of hydrogen-bond donors (Lipinski definition) is 2. The Morgan fingerprint density at radius 3 is 2.38 bits per heavy atom. The van der Waals surface area contributed by atoms with Gasteiger partial charge in [-0.3, -0.25) is 5.10 Å². The topological polar surface area (TPSA) is 79.4 Å². The molecule has 5 heteroatoms. The van der Waals surface area contributed by atoms with E-state index in [4.69, 9.17) is 5.73 Å². The summed E-state index contributed by atoms with van der Waals surface area (Å²) >= 11 is 0. The molecule has 0 spiro atoms. The first kappa shape index (κ1) is 13.1. The molecule has 0 fully saturated rings. The number of azo groups is 1. The average Bonchev–Trinajstić information content (AvgIpc) is 2.89. The second-order valence-corrected chi connectivity index (χ2v) is 4.73. The van der Waals surface area contributed by atoms with Crippen LogP contribution in [0.25, 0.3) is 11.3 Å². The smallest absolute Gasteiger partial charge is 0.173 e. The van der Waals surface area contributed by atoms with E-state index in [9.17, 15) is 0 Å². The van der Waals surface area contributed by atoms with Crippen molar-refractivity contribution in [3.05, 3.63) is 60.2 Å². The molecular formula is C16H15N5. The molecule has 0 amide bonds. The molecule has 3 rings (SSSR count). The van der Waals surface area contributed by atoms with Gasteiger partial charge in [0, 0.05) is 5.56 Å². The lowest BCUT2D eigenvalue weighted by molar-refractivity contribution is 1.10. The van der Waals surface area contributed by atoms with Gasteiger partial charge >= 0.3 is 0 Å². The normalized spacial score (nSPS) is 11.1. The molecule has 1 aromatic heterocycles. The first-order valence-electron chi connectivity index (χ1n) is 6.62. The van der Waals surface area contributed by atoms with Gasteiger partial charge in [0.25, 0.3) is 0 Å². The van der Waals surface area contributed by atoms with Crippen LogP contribution in [0.15, 0.2) is 64.8 Å². The van der Waals surface area contributed by atoms with E-state index in [1.807, 2.05) is 61.5 Å². The second kappa shape index (κ2) is 5.58. The fourth-order valence-corrected chi connectivity index (χ4v) is 1.98. The summed E-state index contributed by atoms with van der Waals surface area (Å²) in [6.45, 7) is 2.03. The Balaban J connectivity index is 1.96. The molecule has 3 N–H and O–H groups in total. The van der Waals surface area contributed by atoms with Gasteiger partial charge in [-0.05, 0) is 19.1 Å². The summed E-state index contributed by atoms with van der Waals surface area (Å²) in [5.41, 5.74) is 10.1. The van der Waals surface area contributed by atoms with Crippen LogP contribution in [0.4, 0.5) is 17.2 Å². The summed E-state index contributed by atoms with van der Waals surface area (Å²) < 4.78 is 0. The van der Waals surface area contributed by atoms with E-state index in [1.165, 1.54) is 5.56 Å². The van der Waals surface area contributed by atoms with Crippen LogP contribution in [-0.2, 0) is 0 Å². The molecule has 1 heterocycles. The third kappa shape index (κ3) is 2.81. The molecule has 0 aliphatic heterocycles. The van der Waals surface area contributed by atoms with Crippen molar-refractivity contribution in [2.45, 2.75) is 6.92 Å². The summed E-state index contributed by atoms with van der Waals surface area (Å²) in [4.78, 5) is 0. The highest BCUT2D eigenvalue weighted by Crippen LogP contribution is 2.33. The molecule has 0 saturated heterocycles. The van der Waals surface area contributed by atoms with E-state index in [-0.39, 0.29) is 0 Å². The van der Waals surface area contributed by atoms with Crippen LogP contribution in [0.1, 0.15) is 5.56 Å². The zero-order chi connectivity index (χ0) is 14.7. The van der Waals surface area contributed by atoms with Crippen LogP contribution in [0.2, 0.25) is 0 Å². The first-order valence-corrected chi connectivity index (χ1v) is 6.62. The minimum absolute atomic E-state index is 0.338. The number of anilines is 1. The second-order valence-electron chi connectivity index (χ2n) is 4.73. The number of benzene rings is 2. The Bertz CT molecular complexity index is 757. The Morgan fingerprint density at radius 1 is 0.952 bits per heavy atom. The van der Waals surface area contributed by atoms with Crippen molar-refractivity contribution >= 4 is 17.2 Å². The molecule has 0 radical (unpaired) electrons. The van der Waals surface area contributed by atoms with Crippen molar-refractivity contribution in [3.8, 4) is 11.3 Å². The predicted octanol–water partition coefficient (Wildman–Crippen LogP) is 4.38. The summed E-state index contributed by atoms with van der Waals surface area (Å²) in [6, 6.07) is 17.6. The number of H-pyrrole nitrogens is 1. The third-order valence-electron chi connectivity index (χ3n) is 3.13. The molecule has 2 aromatic carbocycles. The van der Waals surface area contributed by atoms with Crippen molar-refractivity contribution in [2.75, 3.05) is 5.73 Å². The highest BCUT2D eigenvalue weighted by molar-refractivity contribution is 5.79. The maximum atomic E-state index is 5.87. The maximum absolute atomic E-state index is 5.87. The largest absolute Gasteiger partial charge is 0.380 e. The van der Waals surface area contributed by atoms with Gasteiger partial charge in [0.1, 0.15) is 0 Å². The molecule has 0 aliphatic carbocycles. The van der Waals surface area contributed by atoms with Crippen LogP contribution < -0.4 is 5.73 Å². The minimum atomic E-state index is 0.338. The molecule has 0 saturated carbocycles. The summed E-state index contributed by atoms with van der Waals surface area (Å²) in [6.07, 6.45) is 0. The number of nitrogens with two attached hydrogens (primary N) is 1. The van der Waals surface area contributed by atoms with Crippen molar-refractivity contribution in [1.29, 1.82) is 0 Å². The molecule has 0 atom stereocenters. The number of nitrogen functional groups attached to an aromatic ring is 1. The van der Waals surface area contributed by atoms with Crippen LogP contribution in [0, 0.1) is 6.92 Å². The van der Waals surface area contributed by atoms with E-state index in [0.717, 1.165) is 16.9 Å². The molecular weight excluding hydrogens is 262 g/mol. The molecule has 104 valence electrons. The van der Waals surface area contributed by atoms with Gasteiger partial charge < -0.3 is 5.73 Å². The first-order chi connectivity index (χ1) is 10.2. The van der Waals surface area contributed by atoms with Gasteiger partial charge in [-0.2, -0.15) is 10.2 Å². The van der Waals surface area contributed by atoms with Crippen molar-refractivity contribution in [1.82, 2.24) is 10.2 Å². The lowest BCUT2D eigenvalue weighted by Gasteiger charge is -1.99. The van der Waals surface area contributed by atoms with E-state index >= 15 is 0 Å². The third-order valence-corrected chi connectivity index (χ3v) is 3.13. The minimum Gasteiger partial charge on any atom is -0.380 e. The lowest BCUT2D eigenvalue weighted by atomic mass is 10.1. The number of hydrogen-bond acceptors (Lipinski definition) is 4. The Labute approximate surface area is 122 Å². The van der Waals surface area contributed by atoms with Gasteiger partial charge in [0.2, 0.25) is 0 Å². The van der Waals surface area contributed by atoms with Crippen LogP contribution >= 0.6 is 0 Å². The van der Waals surface area contributed by atoms with Gasteiger partial charge in [-0.25, -0.2) is 0 Å². The van der Waals surface area contributed by atoms with Gasteiger partial charge in [-0.1, -0.05) is 48.0 Å². The summed E-state index contributed by atoms with van der Waals surface area (Å²) in [5, 5.41) is 15.4. The number of rotatable bonds is 3. The molecule has 0 bridgehead atoms. The number of nitrogens with one attached hydrogen (secondary N) is 1. The van der Waals surface area contributed by atoms with Crippen molar-refractivity contribution in [2.24, 2.45) is 10.2 Å². The zero-order valence-corrected chi connectivity index (χ0v) is 11.6. The fourth-order valence-electron chi connectivity index (χ4n) is 1.98. The van der Waals surface area contributed by atoms with E-state index in [1.54, 1.807) is 0 Å². The van der Waals surface area contributed by atoms with Crippen molar-refractivity contribution in [3.63, 3.8) is 0 Å². The predicted molar refractivity (Wildman–Crippen MR) is 83.8 cm³/mol. The zero-order valence-electron chi connectivity index (χ0n) is 11.6. The van der Waals surface area contributed by atoms with Crippen LogP contribution in [-0.4, -0.2) is 10.2 Å². The molecule has 21 heavy (non-hydrogen) atoms. The summed E-state index contributed by atoms with van der Waals surface area (Å²) in [5.74, 6) is 0.338. The Hall–Kier alpha value is -2.95. The van der Waals surface area contributed by atoms with Crippen LogP contribution in [0.5, 0.6) is 0 Å². The quantitative estimate of drug-likeness (QED) is 0.696. The fraction of sp³-hybridized carbons (Fsp3) is 0.0625. The number of nitrogens with zero attached hydrogens (tertiary/aromatic N) is 3. The summed E-state index contributed by atoms with van der Waals surface area (Å²) in [7, 11) is 0. The molecule has 3 aromatic rings. The average molecular weight is 277 g/mol.